The number of ether oxygens (including phenoxy) is 2. The van der Waals surface area contributed by atoms with Crippen molar-refractivity contribution in [1.29, 1.82) is 0 Å². The van der Waals surface area contributed by atoms with Gasteiger partial charge in [-0.2, -0.15) is 0 Å². The second-order valence-electron chi connectivity index (χ2n) is 6.47. The lowest BCUT2D eigenvalue weighted by Crippen LogP contribution is -2.15. The second-order valence-corrected chi connectivity index (χ2v) is 6.47. The van der Waals surface area contributed by atoms with Crippen LogP contribution in [0, 0.1) is 0 Å². The van der Waals surface area contributed by atoms with E-state index in [4.69, 9.17) is 9.94 Å². The number of methoxy groups -OCH3 is 1. The first-order chi connectivity index (χ1) is 10.9. The minimum absolute atomic E-state index is 0.0613. The monoisotopic (exact) mass is 321 g/mol. The maximum absolute atomic E-state index is 11.2. The third-order valence-electron chi connectivity index (χ3n) is 3.59. The zero-order valence-electron chi connectivity index (χ0n) is 14.5. The van der Waals surface area contributed by atoms with Crippen LogP contribution in [0.4, 0.5) is 0 Å². The van der Waals surface area contributed by atoms with Crippen LogP contribution in [0.1, 0.15) is 52.0 Å². The molecular formula is C18H27NO4. The minimum atomic E-state index is -0.581. The average Bonchev–Trinajstić information content (AvgIpc) is 2.53. The molecule has 0 saturated carbocycles. The number of hydrogen-bond donors (Lipinski definition) is 1. The number of rotatable bonds is 8. The highest BCUT2D eigenvalue weighted by Crippen LogP contribution is 2.24. The van der Waals surface area contributed by atoms with Crippen LogP contribution in [0.15, 0.2) is 29.4 Å². The van der Waals surface area contributed by atoms with Crippen molar-refractivity contribution in [1.82, 2.24) is 0 Å². The molecular weight excluding hydrogens is 294 g/mol. The van der Waals surface area contributed by atoms with E-state index >= 15 is 0 Å². The highest BCUT2D eigenvalue weighted by molar-refractivity contribution is 6.36. The number of oxime groups is 1. The molecule has 0 fully saturated rings. The molecule has 0 aliphatic heterocycles. The standard InChI is InChI=1S/C18H27NO4/c1-18(2,3)14-9-11-15(12-10-14)23-13-7-5-6-8-16(19-21)17(20)22-4/h9-12,21H,5-8,13H2,1-4H3/b19-16-. The summed E-state index contributed by atoms with van der Waals surface area (Å²) in [6.45, 7) is 7.17. The van der Waals surface area contributed by atoms with Crippen molar-refractivity contribution in [2.24, 2.45) is 5.16 Å². The molecule has 0 saturated heterocycles. The predicted molar refractivity (Wildman–Crippen MR) is 90.3 cm³/mol. The van der Waals surface area contributed by atoms with Gasteiger partial charge in [0, 0.05) is 6.42 Å². The second kappa shape index (κ2) is 9.18. The van der Waals surface area contributed by atoms with Gasteiger partial charge in [0.25, 0.3) is 0 Å². The number of hydrogen-bond acceptors (Lipinski definition) is 5. The van der Waals surface area contributed by atoms with Gasteiger partial charge in [-0.05, 0) is 42.4 Å². The maximum atomic E-state index is 11.2. The Morgan fingerprint density at radius 2 is 1.78 bits per heavy atom. The summed E-state index contributed by atoms with van der Waals surface area (Å²) in [5.41, 5.74) is 1.49. The molecule has 0 atom stereocenters. The Balaban J connectivity index is 2.24. The molecule has 0 spiro atoms. The van der Waals surface area contributed by atoms with Crippen LogP contribution in [-0.4, -0.2) is 30.6 Å². The molecule has 1 aromatic carbocycles. The Hall–Kier alpha value is -2.04. The number of benzene rings is 1. The van der Waals surface area contributed by atoms with Gasteiger partial charge in [0.1, 0.15) is 5.75 Å². The molecule has 0 aliphatic carbocycles. The Morgan fingerprint density at radius 1 is 1.13 bits per heavy atom. The maximum Gasteiger partial charge on any atom is 0.355 e. The summed E-state index contributed by atoms with van der Waals surface area (Å²) in [6, 6.07) is 8.17. The summed E-state index contributed by atoms with van der Waals surface area (Å²) in [4.78, 5) is 11.2. The van der Waals surface area contributed by atoms with Crippen molar-refractivity contribution in [3.05, 3.63) is 29.8 Å². The molecule has 0 radical (unpaired) electrons. The SMILES string of the molecule is COC(=O)/C(CCCCCOc1ccc(C(C)(C)C)cc1)=N\O. The van der Waals surface area contributed by atoms with Crippen LogP contribution in [0.25, 0.3) is 0 Å². The number of carbonyl (C=O) groups excluding carboxylic acids is 1. The van der Waals surface area contributed by atoms with E-state index < -0.39 is 5.97 Å². The third-order valence-corrected chi connectivity index (χ3v) is 3.59. The van der Waals surface area contributed by atoms with E-state index in [1.807, 2.05) is 12.1 Å². The van der Waals surface area contributed by atoms with Gasteiger partial charge in [-0.15, -0.1) is 0 Å². The van der Waals surface area contributed by atoms with Crippen LogP contribution >= 0.6 is 0 Å². The average molecular weight is 321 g/mol. The third kappa shape index (κ3) is 6.72. The zero-order valence-corrected chi connectivity index (χ0v) is 14.5. The lowest BCUT2D eigenvalue weighted by Gasteiger charge is -2.19. The van der Waals surface area contributed by atoms with Gasteiger partial charge in [0.2, 0.25) is 0 Å². The summed E-state index contributed by atoms with van der Waals surface area (Å²) < 4.78 is 10.2. The van der Waals surface area contributed by atoms with Gasteiger partial charge in [-0.25, -0.2) is 4.79 Å². The molecule has 1 N–H and O–H groups in total. The van der Waals surface area contributed by atoms with E-state index in [1.54, 1.807) is 0 Å². The fraction of sp³-hybridized carbons (Fsp3) is 0.556. The molecule has 0 bridgehead atoms. The van der Waals surface area contributed by atoms with Crippen LogP contribution in [-0.2, 0) is 14.9 Å². The lowest BCUT2D eigenvalue weighted by molar-refractivity contribution is -0.133. The fourth-order valence-electron chi connectivity index (χ4n) is 2.12. The van der Waals surface area contributed by atoms with Gasteiger partial charge in [0.05, 0.1) is 13.7 Å². The highest BCUT2D eigenvalue weighted by Gasteiger charge is 2.13. The molecule has 128 valence electrons. The Kier molecular flexibility index (Phi) is 7.59. The fourth-order valence-corrected chi connectivity index (χ4v) is 2.12. The van der Waals surface area contributed by atoms with Crippen molar-refractivity contribution in [2.45, 2.75) is 51.9 Å². The van der Waals surface area contributed by atoms with E-state index in [9.17, 15) is 4.79 Å². The van der Waals surface area contributed by atoms with Gasteiger partial charge in [0.15, 0.2) is 5.71 Å². The smallest absolute Gasteiger partial charge is 0.355 e. The van der Waals surface area contributed by atoms with E-state index in [1.165, 1.54) is 12.7 Å². The molecule has 0 heterocycles. The summed E-state index contributed by atoms with van der Waals surface area (Å²) in [5, 5.41) is 11.7. The Labute approximate surface area is 138 Å². The van der Waals surface area contributed by atoms with Crippen molar-refractivity contribution in [3.8, 4) is 5.75 Å². The highest BCUT2D eigenvalue weighted by atomic mass is 16.5. The zero-order chi connectivity index (χ0) is 17.3. The van der Waals surface area contributed by atoms with Crippen LogP contribution < -0.4 is 4.74 Å². The molecule has 23 heavy (non-hydrogen) atoms. The van der Waals surface area contributed by atoms with Gasteiger partial charge >= 0.3 is 5.97 Å². The van der Waals surface area contributed by atoms with Crippen molar-refractivity contribution in [3.63, 3.8) is 0 Å². The first-order valence-electron chi connectivity index (χ1n) is 7.91. The van der Waals surface area contributed by atoms with E-state index in [-0.39, 0.29) is 11.1 Å². The molecule has 0 aromatic heterocycles. The van der Waals surface area contributed by atoms with Crippen LogP contribution in [0.3, 0.4) is 0 Å². The van der Waals surface area contributed by atoms with Gasteiger partial charge in [-0.3, -0.25) is 0 Å². The summed E-state index contributed by atoms with van der Waals surface area (Å²) in [5.74, 6) is 0.285. The number of esters is 1. The van der Waals surface area contributed by atoms with Gasteiger partial charge < -0.3 is 14.7 Å². The van der Waals surface area contributed by atoms with Gasteiger partial charge in [-0.1, -0.05) is 38.1 Å². The Morgan fingerprint density at radius 3 is 2.30 bits per heavy atom. The molecule has 5 nitrogen and oxygen atoms in total. The summed E-state index contributed by atoms with van der Waals surface area (Å²) >= 11 is 0. The van der Waals surface area contributed by atoms with E-state index in [2.05, 4.69) is 42.8 Å². The Bertz CT molecular complexity index is 515. The van der Waals surface area contributed by atoms with Crippen molar-refractivity contribution < 1.29 is 19.5 Å². The number of nitrogens with zero attached hydrogens (tertiary/aromatic N) is 1. The molecule has 1 aromatic rings. The summed E-state index contributed by atoms with van der Waals surface area (Å²) in [7, 11) is 1.27. The molecule has 0 aliphatic rings. The molecule has 5 heteroatoms. The minimum Gasteiger partial charge on any atom is -0.494 e. The van der Waals surface area contributed by atoms with Crippen LogP contribution in [0.5, 0.6) is 5.75 Å². The first-order valence-corrected chi connectivity index (χ1v) is 7.91. The predicted octanol–water partition coefficient (Wildman–Crippen LogP) is 3.93. The van der Waals surface area contributed by atoms with Crippen LogP contribution in [0.2, 0.25) is 0 Å². The normalized spacial score (nSPS) is 12.1. The first kappa shape index (κ1) is 19.0. The number of carbonyl (C=O) groups is 1. The number of unbranched alkanes of at least 4 members (excludes halogenated alkanes) is 2. The molecule has 0 unspecified atom stereocenters. The topological polar surface area (TPSA) is 68.1 Å². The molecule has 1 rings (SSSR count). The van der Waals surface area contributed by atoms with Crippen molar-refractivity contribution in [2.75, 3.05) is 13.7 Å². The quantitative estimate of drug-likeness (QED) is 0.259. The van der Waals surface area contributed by atoms with E-state index in [0.717, 1.165) is 25.0 Å². The van der Waals surface area contributed by atoms with E-state index in [0.29, 0.717) is 13.0 Å². The summed E-state index contributed by atoms with van der Waals surface area (Å²) in [6.07, 6.45) is 2.92. The largest absolute Gasteiger partial charge is 0.494 e. The van der Waals surface area contributed by atoms with Crippen molar-refractivity contribution >= 4 is 11.7 Å². The molecule has 0 amide bonds. The lowest BCUT2D eigenvalue weighted by atomic mass is 9.87.